The fourth-order valence-electron chi connectivity index (χ4n) is 2.47. The largest absolute Gasteiger partial charge is 0.218 e. The van der Waals surface area contributed by atoms with E-state index in [9.17, 15) is 16.8 Å². The predicted octanol–water partition coefficient (Wildman–Crippen LogP) is 0.530. The zero-order valence-corrected chi connectivity index (χ0v) is 13.5. The lowest BCUT2D eigenvalue weighted by atomic mass is 10.1. The van der Waals surface area contributed by atoms with Crippen LogP contribution in [0.3, 0.4) is 0 Å². The summed E-state index contributed by atoms with van der Waals surface area (Å²) in [6, 6.07) is 8.63. The number of nitrogens with zero attached hydrogens (tertiary/aromatic N) is 1. The van der Waals surface area contributed by atoms with Gasteiger partial charge in [0.25, 0.3) is 0 Å². The Hall–Kier alpha value is -0.960. The highest BCUT2D eigenvalue weighted by molar-refractivity contribution is 7.89. The summed E-state index contributed by atoms with van der Waals surface area (Å²) in [6.07, 6.45) is 2.40. The lowest BCUT2D eigenvalue weighted by molar-refractivity contribution is 0.303. The van der Waals surface area contributed by atoms with Gasteiger partial charge in [-0.05, 0) is 18.4 Å². The maximum atomic E-state index is 12.4. The summed E-state index contributed by atoms with van der Waals surface area (Å²) in [5, 5.41) is 0. The molecule has 0 bridgehead atoms. The average molecular weight is 332 g/mol. The molecule has 0 aromatic heterocycles. The molecular formula is C13H20N2O4S2. The molecule has 1 aliphatic rings. The maximum Gasteiger partial charge on any atom is 0.218 e. The molecule has 8 heteroatoms. The number of hydrogen-bond donors (Lipinski definition) is 1. The molecule has 0 unspecified atom stereocenters. The molecule has 2 rings (SSSR count). The minimum absolute atomic E-state index is 0.0561. The third kappa shape index (κ3) is 5.06. The summed E-state index contributed by atoms with van der Waals surface area (Å²) in [6.45, 7) is 0.638. The van der Waals surface area contributed by atoms with Gasteiger partial charge in [0.15, 0.2) is 0 Å². The number of nitrogens with one attached hydrogen (secondary N) is 1. The predicted molar refractivity (Wildman–Crippen MR) is 81.6 cm³/mol. The minimum Gasteiger partial charge on any atom is -0.213 e. The van der Waals surface area contributed by atoms with Crippen LogP contribution in [0.4, 0.5) is 0 Å². The van der Waals surface area contributed by atoms with Crippen molar-refractivity contribution in [2.75, 3.05) is 19.3 Å². The molecule has 0 saturated carbocycles. The topological polar surface area (TPSA) is 83.6 Å². The van der Waals surface area contributed by atoms with Crippen molar-refractivity contribution in [3.8, 4) is 0 Å². The Labute approximate surface area is 126 Å². The molecule has 21 heavy (non-hydrogen) atoms. The van der Waals surface area contributed by atoms with Crippen LogP contribution in [0.15, 0.2) is 30.3 Å². The van der Waals surface area contributed by atoms with E-state index in [-0.39, 0.29) is 18.3 Å². The quantitative estimate of drug-likeness (QED) is 0.852. The summed E-state index contributed by atoms with van der Waals surface area (Å²) in [5.74, 6) is -0.0561. The van der Waals surface area contributed by atoms with Gasteiger partial charge in [-0.2, -0.15) is 0 Å². The van der Waals surface area contributed by atoms with E-state index in [0.717, 1.165) is 11.8 Å². The number of hydrogen-bond acceptors (Lipinski definition) is 4. The van der Waals surface area contributed by atoms with E-state index in [0.29, 0.717) is 19.4 Å². The molecule has 0 spiro atoms. The molecule has 1 aliphatic heterocycles. The minimum atomic E-state index is -3.43. The molecule has 1 heterocycles. The van der Waals surface area contributed by atoms with Crippen molar-refractivity contribution in [3.05, 3.63) is 35.9 Å². The molecule has 0 aliphatic carbocycles. The third-order valence-electron chi connectivity index (χ3n) is 3.35. The van der Waals surface area contributed by atoms with Gasteiger partial charge in [0, 0.05) is 19.1 Å². The Morgan fingerprint density at radius 3 is 2.48 bits per heavy atom. The fraction of sp³-hybridized carbons (Fsp3) is 0.538. The van der Waals surface area contributed by atoms with Gasteiger partial charge in [-0.25, -0.2) is 25.9 Å². The second-order valence-corrected chi connectivity index (χ2v) is 9.08. The molecule has 6 nitrogen and oxygen atoms in total. The van der Waals surface area contributed by atoms with Gasteiger partial charge in [-0.1, -0.05) is 30.3 Å². The molecule has 1 saturated heterocycles. The van der Waals surface area contributed by atoms with Crippen LogP contribution in [0, 0.1) is 0 Å². The second-order valence-electron chi connectivity index (χ2n) is 5.33. The number of piperidine rings is 1. The Bertz CT molecular complexity index is 671. The van der Waals surface area contributed by atoms with E-state index < -0.39 is 20.0 Å². The van der Waals surface area contributed by atoms with Crippen LogP contribution >= 0.6 is 0 Å². The van der Waals surface area contributed by atoms with Crippen molar-refractivity contribution in [2.24, 2.45) is 0 Å². The van der Waals surface area contributed by atoms with Crippen molar-refractivity contribution in [1.82, 2.24) is 9.03 Å². The molecule has 0 radical (unpaired) electrons. The van der Waals surface area contributed by atoms with Crippen LogP contribution < -0.4 is 4.72 Å². The van der Waals surface area contributed by atoms with Crippen LogP contribution in [-0.2, 0) is 25.8 Å². The first-order valence-corrected chi connectivity index (χ1v) is 10.3. The van der Waals surface area contributed by atoms with Crippen LogP contribution in [0.5, 0.6) is 0 Å². The van der Waals surface area contributed by atoms with Crippen LogP contribution in [-0.4, -0.2) is 46.5 Å². The Balaban J connectivity index is 2.06. The van der Waals surface area contributed by atoms with Crippen LogP contribution in [0.25, 0.3) is 0 Å². The van der Waals surface area contributed by atoms with Crippen molar-refractivity contribution in [3.63, 3.8) is 0 Å². The highest BCUT2D eigenvalue weighted by Crippen LogP contribution is 2.18. The van der Waals surface area contributed by atoms with E-state index in [1.807, 2.05) is 6.07 Å². The van der Waals surface area contributed by atoms with Crippen molar-refractivity contribution in [1.29, 1.82) is 0 Å². The first kappa shape index (κ1) is 16.4. The van der Waals surface area contributed by atoms with Gasteiger partial charge >= 0.3 is 0 Å². The monoisotopic (exact) mass is 332 g/mol. The van der Waals surface area contributed by atoms with E-state index in [4.69, 9.17) is 0 Å². The van der Waals surface area contributed by atoms with Gasteiger partial charge in [-0.3, -0.25) is 0 Å². The second kappa shape index (κ2) is 6.43. The lowest BCUT2D eigenvalue weighted by Gasteiger charge is -2.31. The third-order valence-corrected chi connectivity index (χ3v) is 5.93. The molecule has 0 amide bonds. The van der Waals surface area contributed by atoms with E-state index in [1.54, 1.807) is 24.3 Å². The standard InChI is InChI=1S/C13H20N2O4S2/c1-20(16,17)14-13-8-5-9-15(10-13)21(18,19)11-12-6-3-2-4-7-12/h2-4,6-7,13-14H,5,8-11H2,1H3/t13-/m0/s1. The summed E-state index contributed by atoms with van der Waals surface area (Å²) < 4.78 is 51.2. The summed E-state index contributed by atoms with van der Waals surface area (Å²) in [7, 11) is -6.75. The maximum absolute atomic E-state index is 12.4. The zero-order chi connectivity index (χ0) is 15.5. The first-order valence-electron chi connectivity index (χ1n) is 6.75. The zero-order valence-electron chi connectivity index (χ0n) is 11.9. The Morgan fingerprint density at radius 2 is 1.86 bits per heavy atom. The number of benzene rings is 1. The molecule has 1 aromatic carbocycles. The van der Waals surface area contributed by atoms with Crippen molar-refractivity contribution >= 4 is 20.0 Å². The average Bonchev–Trinajstić information content (AvgIpc) is 2.37. The fourth-order valence-corrected chi connectivity index (χ4v) is 4.88. The number of rotatable bonds is 5. The summed E-state index contributed by atoms with van der Waals surface area (Å²) >= 11 is 0. The number of sulfonamides is 2. The van der Waals surface area contributed by atoms with E-state index in [1.165, 1.54) is 4.31 Å². The highest BCUT2D eigenvalue weighted by atomic mass is 32.2. The van der Waals surface area contributed by atoms with Crippen molar-refractivity contribution in [2.45, 2.75) is 24.6 Å². The summed E-state index contributed by atoms with van der Waals surface area (Å²) in [4.78, 5) is 0. The van der Waals surface area contributed by atoms with Crippen LogP contribution in [0.2, 0.25) is 0 Å². The smallest absolute Gasteiger partial charge is 0.213 e. The molecule has 1 atom stereocenters. The SMILES string of the molecule is CS(=O)(=O)N[C@H]1CCCN(S(=O)(=O)Cc2ccccc2)C1. The molecule has 1 N–H and O–H groups in total. The highest BCUT2D eigenvalue weighted by Gasteiger charge is 2.30. The molecule has 118 valence electrons. The van der Waals surface area contributed by atoms with Gasteiger partial charge in [0.1, 0.15) is 0 Å². The van der Waals surface area contributed by atoms with Crippen molar-refractivity contribution < 1.29 is 16.8 Å². The van der Waals surface area contributed by atoms with Gasteiger partial charge < -0.3 is 0 Å². The van der Waals surface area contributed by atoms with Gasteiger partial charge in [-0.15, -0.1) is 0 Å². The van der Waals surface area contributed by atoms with E-state index in [2.05, 4.69) is 4.72 Å². The van der Waals surface area contributed by atoms with Gasteiger partial charge in [0.2, 0.25) is 20.0 Å². The normalized spacial score (nSPS) is 21.3. The Kier molecular flexibility index (Phi) is 5.03. The Morgan fingerprint density at radius 1 is 1.19 bits per heavy atom. The lowest BCUT2D eigenvalue weighted by Crippen LogP contribution is -2.49. The van der Waals surface area contributed by atoms with Crippen LogP contribution in [0.1, 0.15) is 18.4 Å². The molecular weight excluding hydrogens is 312 g/mol. The first-order chi connectivity index (χ1) is 9.76. The molecule has 1 aromatic rings. The van der Waals surface area contributed by atoms with E-state index >= 15 is 0 Å². The summed E-state index contributed by atoms with van der Waals surface area (Å²) in [5.41, 5.74) is 0.732. The van der Waals surface area contributed by atoms with Gasteiger partial charge in [0.05, 0.1) is 12.0 Å². The molecule has 1 fully saturated rings.